The monoisotopic (exact) mass is 274 g/mol. The Morgan fingerprint density at radius 2 is 1.85 bits per heavy atom. The zero-order valence-electron chi connectivity index (χ0n) is 12.2. The Bertz CT molecular complexity index is 428. The first-order valence-corrected chi connectivity index (χ1v) is 7.90. The number of nitrogens with two attached hydrogens (primary N) is 1. The average Bonchev–Trinajstić information content (AvgIpc) is 3.37. The first-order chi connectivity index (χ1) is 9.71. The second kappa shape index (κ2) is 5.84. The Balaban J connectivity index is 1.61. The van der Waals surface area contributed by atoms with Crippen molar-refractivity contribution in [1.82, 2.24) is 4.90 Å². The van der Waals surface area contributed by atoms with Crippen LogP contribution in [-0.2, 0) is 5.54 Å². The predicted octanol–water partition coefficient (Wildman–Crippen LogP) is 2.10. The molecule has 0 amide bonds. The molecule has 0 aliphatic heterocycles. The van der Waals surface area contributed by atoms with Crippen LogP contribution in [0, 0.1) is 5.92 Å². The minimum absolute atomic E-state index is 0.0128. The number of hydrogen-bond acceptors (Lipinski definition) is 3. The van der Waals surface area contributed by atoms with Gasteiger partial charge in [0, 0.05) is 19.1 Å². The molecule has 110 valence electrons. The lowest BCUT2D eigenvalue weighted by molar-refractivity contribution is 0.157. The first-order valence-electron chi connectivity index (χ1n) is 7.90. The van der Waals surface area contributed by atoms with Gasteiger partial charge in [0.05, 0.1) is 12.1 Å². The summed E-state index contributed by atoms with van der Waals surface area (Å²) in [6.45, 7) is 2.26. The van der Waals surface area contributed by atoms with Crippen LogP contribution in [0.1, 0.15) is 37.7 Å². The maximum absolute atomic E-state index is 9.76. The smallest absolute Gasteiger partial charge is 0.0656 e. The topological polar surface area (TPSA) is 49.5 Å². The van der Waals surface area contributed by atoms with Crippen molar-refractivity contribution < 1.29 is 5.11 Å². The Labute approximate surface area is 121 Å². The maximum Gasteiger partial charge on any atom is 0.0656 e. The molecule has 0 radical (unpaired) electrons. The number of rotatable bonds is 8. The second-order valence-electron chi connectivity index (χ2n) is 6.60. The maximum atomic E-state index is 9.76. The van der Waals surface area contributed by atoms with E-state index in [0.717, 1.165) is 30.5 Å². The lowest BCUT2D eigenvalue weighted by atomic mass is 9.88. The van der Waals surface area contributed by atoms with Crippen LogP contribution in [0.5, 0.6) is 0 Å². The van der Waals surface area contributed by atoms with Gasteiger partial charge in [0.2, 0.25) is 0 Å². The third-order valence-electron chi connectivity index (χ3n) is 4.73. The number of aliphatic hydroxyl groups excluding tert-OH is 1. The fourth-order valence-corrected chi connectivity index (χ4v) is 2.92. The van der Waals surface area contributed by atoms with Gasteiger partial charge in [-0.05, 0) is 43.6 Å². The molecule has 3 N–H and O–H groups in total. The highest BCUT2D eigenvalue weighted by molar-refractivity contribution is 5.24. The third kappa shape index (κ3) is 3.40. The molecule has 20 heavy (non-hydrogen) atoms. The van der Waals surface area contributed by atoms with Crippen molar-refractivity contribution in [2.24, 2.45) is 11.7 Å². The van der Waals surface area contributed by atoms with Gasteiger partial charge < -0.3 is 15.7 Å². The third-order valence-corrected chi connectivity index (χ3v) is 4.73. The van der Waals surface area contributed by atoms with Crippen LogP contribution in [0.2, 0.25) is 0 Å². The molecule has 1 unspecified atom stereocenters. The fourth-order valence-electron chi connectivity index (χ4n) is 2.92. The van der Waals surface area contributed by atoms with E-state index in [9.17, 15) is 5.11 Å². The summed E-state index contributed by atoms with van der Waals surface area (Å²) in [5.41, 5.74) is 6.90. The molecule has 2 aliphatic carbocycles. The molecule has 2 fully saturated rings. The van der Waals surface area contributed by atoms with Gasteiger partial charge in [0.25, 0.3) is 0 Å². The highest BCUT2D eigenvalue weighted by Gasteiger charge is 2.35. The summed E-state index contributed by atoms with van der Waals surface area (Å²) in [7, 11) is 0. The van der Waals surface area contributed by atoms with Crippen molar-refractivity contribution in [1.29, 1.82) is 0 Å². The number of hydrogen-bond donors (Lipinski definition) is 2. The fraction of sp³-hybridized carbons (Fsp3) is 0.647. The van der Waals surface area contributed by atoms with Gasteiger partial charge in [0.15, 0.2) is 0 Å². The molecule has 0 aromatic heterocycles. The second-order valence-corrected chi connectivity index (χ2v) is 6.60. The molecule has 0 heterocycles. The predicted molar refractivity (Wildman–Crippen MR) is 81.3 cm³/mol. The molecule has 1 aromatic rings. The largest absolute Gasteiger partial charge is 0.394 e. The Morgan fingerprint density at radius 3 is 2.40 bits per heavy atom. The van der Waals surface area contributed by atoms with E-state index in [1.165, 1.54) is 32.2 Å². The molecule has 2 aliphatic rings. The minimum Gasteiger partial charge on any atom is -0.394 e. The minimum atomic E-state index is -0.599. The standard InChI is InChI=1S/C17H26N2O/c18-17(13-20,15-4-2-1-3-5-15)10-11-19(16-8-9-16)12-14-6-7-14/h1-5,14,16,20H,6-13,18H2. The van der Waals surface area contributed by atoms with Crippen LogP contribution < -0.4 is 5.73 Å². The van der Waals surface area contributed by atoms with E-state index in [4.69, 9.17) is 5.73 Å². The molecule has 0 saturated heterocycles. The van der Waals surface area contributed by atoms with Crippen LogP contribution in [0.15, 0.2) is 30.3 Å². The highest BCUT2D eigenvalue weighted by atomic mass is 16.3. The van der Waals surface area contributed by atoms with Crippen molar-refractivity contribution >= 4 is 0 Å². The summed E-state index contributed by atoms with van der Waals surface area (Å²) in [5, 5.41) is 9.76. The Hall–Kier alpha value is -0.900. The number of benzene rings is 1. The van der Waals surface area contributed by atoms with E-state index in [-0.39, 0.29) is 6.61 Å². The van der Waals surface area contributed by atoms with Crippen LogP contribution in [0.4, 0.5) is 0 Å². The molecule has 0 spiro atoms. The molecule has 3 rings (SSSR count). The van der Waals surface area contributed by atoms with Gasteiger partial charge in [0.1, 0.15) is 0 Å². The van der Waals surface area contributed by atoms with Crippen molar-refractivity contribution in [3.63, 3.8) is 0 Å². The van der Waals surface area contributed by atoms with Crippen LogP contribution in [0.3, 0.4) is 0 Å². The quantitative estimate of drug-likeness (QED) is 0.763. The summed E-state index contributed by atoms with van der Waals surface area (Å²) in [5.74, 6) is 0.925. The normalized spacial score (nSPS) is 21.9. The molecule has 1 atom stereocenters. The van der Waals surface area contributed by atoms with Crippen molar-refractivity contribution in [3.8, 4) is 0 Å². The van der Waals surface area contributed by atoms with Gasteiger partial charge in [-0.15, -0.1) is 0 Å². The molecule has 0 bridgehead atoms. The van der Waals surface area contributed by atoms with E-state index < -0.39 is 5.54 Å². The summed E-state index contributed by atoms with van der Waals surface area (Å²) in [4.78, 5) is 2.61. The van der Waals surface area contributed by atoms with E-state index in [1.807, 2.05) is 30.3 Å². The van der Waals surface area contributed by atoms with Crippen molar-refractivity contribution in [3.05, 3.63) is 35.9 Å². The summed E-state index contributed by atoms with van der Waals surface area (Å²) in [6, 6.07) is 10.8. The first kappa shape index (κ1) is 14.1. The van der Waals surface area contributed by atoms with E-state index in [1.54, 1.807) is 0 Å². The van der Waals surface area contributed by atoms with Gasteiger partial charge in [-0.2, -0.15) is 0 Å². The van der Waals surface area contributed by atoms with Crippen LogP contribution >= 0.6 is 0 Å². The lowest BCUT2D eigenvalue weighted by Crippen LogP contribution is -2.44. The van der Waals surface area contributed by atoms with Gasteiger partial charge >= 0.3 is 0 Å². The van der Waals surface area contributed by atoms with Gasteiger partial charge in [-0.25, -0.2) is 0 Å². The highest BCUT2D eigenvalue weighted by Crippen LogP contribution is 2.35. The Morgan fingerprint density at radius 1 is 1.15 bits per heavy atom. The lowest BCUT2D eigenvalue weighted by Gasteiger charge is -2.31. The molecule has 1 aromatic carbocycles. The Kier molecular flexibility index (Phi) is 4.11. The van der Waals surface area contributed by atoms with Crippen molar-refractivity contribution in [2.45, 2.75) is 43.7 Å². The van der Waals surface area contributed by atoms with E-state index >= 15 is 0 Å². The SMILES string of the molecule is NC(CO)(CCN(CC1CC1)C1CC1)c1ccccc1. The number of aliphatic hydroxyl groups is 1. The molecule has 2 saturated carbocycles. The summed E-state index contributed by atoms with van der Waals surface area (Å²) >= 11 is 0. The molecular weight excluding hydrogens is 248 g/mol. The summed E-state index contributed by atoms with van der Waals surface area (Å²) in [6.07, 6.45) is 6.31. The van der Waals surface area contributed by atoms with Crippen LogP contribution in [0.25, 0.3) is 0 Å². The van der Waals surface area contributed by atoms with Crippen molar-refractivity contribution in [2.75, 3.05) is 19.7 Å². The van der Waals surface area contributed by atoms with Crippen LogP contribution in [-0.4, -0.2) is 35.7 Å². The zero-order valence-corrected chi connectivity index (χ0v) is 12.2. The average molecular weight is 274 g/mol. The molecule has 3 heteroatoms. The van der Waals surface area contributed by atoms with E-state index in [2.05, 4.69) is 4.90 Å². The van der Waals surface area contributed by atoms with Gasteiger partial charge in [-0.3, -0.25) is 0 Å². The molecule has 3 nitrogen and oxygen atoms in total. The van der Waals surface area contributed by atoms with Gasteiger partial charge in [-0.1, -0.05) is 30.3 Å². The summed E-state index contributed by atoms with van der Waals surface area (Å²) < 4.78 is 0. The zero-order chi connectivity index (χ0) is 14.0. The van der Waals surface area contributed by atoms with E-state index in [0.29, 0.717) is 0 Å². The molecular formula is C17H26N2O. The number of nitrogens with zero attached hydrogens (tertiary/aromatic N) is 1.